The SMILES string of the molecule is O=c1c(C(F)(F)F)cc(C2CC2)nn1CN1CCN(S(=O)(=O)c2ccccc2Cl)CC1. The summed E-state index contributed by atoms with van der Waals surface area (Å²) in [6, 6.07) is 6.99. The Balaban J connectivity index is 1.50. The van der Waals surface area contributed by atoms with Crippen LogP contribution in [0.25, 0.3) is 0 Å². The highest BCUT2D eigenvalue weighted by Crippen LogP contribution is 2.40. The Labute approximate surface area is 182 Å². The average Bonchev–Trinajstić information content (AvgIpc) is 3.54. The quantitative estimate of drug-likeness (QED) is 0.663. The Bertz CT molecular complexity index is 1140. The number of sulfonamides is 1. The van der Waals surface area contributed by atoms with Gasteiger partial charge in [0.2, 0.25) is 10.0 Å². The van der Waals surface area contributed by atoms with E-state index < -0.39 is 27.3 Å². The summed E-state index contributed by atoms with van der Waals surface area (Å²) in [6.07, 6.45) is -3.25. The lowest BCUT2D eigenvalue weighted by molar-refractivity contribution is -0.139. The number of aromatic nitrogens is 2. The van der Waals surface area contributed by atoms with Crippen molar-refractivity contribution in [3.63, 3.8) is 0 Å². The molecular weight excluding hydrogens is 457 g/mol. The molecule has 0 atom stereocenters. The van der Waals surface area contributed by atoms with E-state index in [1.807, 2.05) is 0 Å². The van der Waals surface area contributed by atoms with E-state index in [2.05, 4.69) is 5.10 Å². The smallest absolute Gasteiger partial charge is 0.282 e. The van der Waals surface area contributed by atoms with Crippen molar-refractivity contribution in [1.29, 1.82) is 0 Å². The van der Waals surface area contributed by atoms with Gasteiger partial charge in [-0.15, -0.1) is 0 Å². The van der Waals surface area contributed by atoms with E-state index >= 15 is 0 Å². The zero-order valence-corrected chi connectivity index (χ0v) is 17.9. The zero-order chi connectivity index (χ0) is 22.4. The van der Waals surface area contributed by atoms with Crippen LogP contribution in [0.5, 0.6) is 0 Å². The van der Waals surface area contributed by atoms with Gasteiger partial charge in [0, 0.05) is 32.1 Å². The summed E-state index contributed by atoms with van der Waals surface area (Å²) < 4.78 is 67.7. The molecule has 0 spiro atoms. The highest BCUT2D eigenvalue weighted by atomic mass is 35.5. The van der Waals surface area contributed by atoms with E-state index in [4.69, 9.17) is 11.6 Å². The van der Waals surface area contributed by atoms with E-state index in [1.165, 1.54) is 16.4 Å². The fourth-order valence-corrected chi connectivity index (χ4v) is 5.45. The Hall–Kier alpha value is -1.95. The van der Waals surface area contributed by atoms with Crippen LogP contribution in [0.3, 0.4) is 0 Å². The Morgan fingerprint density at radius 3 is 2.32 bits per heavy atom. The van der Waals surface area contributed by atoms with Gasteiger partial charge in [-0.1, -0.05) is 23.7 Å². The van der Waals surface area contributed by atoms with Crippen LogP contribution < -0.4 is 5.56 Å². The molecule has 0 amide bonds. The van der Waals surface area contributed by atoms with E-state index in [9.17, 15) is 26.4 Å². The lowest BCUT2D eigenvalue weighted by atomic mass is 10.2. The Kier molecular flexibility index (Phi) is 5.88. The second kappa shape index (κ2) is 8.19. The first kappa shape index (κ1) is 22.3. The summed E-state index contributed by atoms with van der Waals surface area (Å²) in [7, 11) is -3.79. The minimum absolute atomic E-state index is 0.00922. The van der Waals surface area contributed by atoms with E-state index in [0.29, 0.717) is 0 Å². The fraction of sp³-hybridized carbons (Fsp3) is 0.474. The standard InChI is InChI=1S/C19H20ClF3N4O3S/c20-15-3-1-2-4-17(15)31(29,30)26-9-7-25(8-10-26)12-27-18(28)14(19(21,22)23)11-16(24-27)13-5-6-13/h1-4,11,13H,5-10,12H2. The number of hydrogen-bond donors (Lipinski definition) is 0. The van der Waals surface area contributed by atoms with Crippen molar-refractivity contribution < 1.29 is 21.6 Å². The van der Waals surface area contributed by atoms with E-state index in [1.54, 1.807) is 17.0 Å². The third kappa shape index (κ3) is 4.64. The second-order valence-electron chi connectivity index (χ2n) is 7.65. The number of halogens is 4. The molecule has 0 radical (unpaired) electrons. The highest BCUT2D eigenvalue weighted by molar-refractivity contribution is 7.89. The van der Waals surface area contributed by atoms with Gasteiger partial charge in [-0.3, -0.25) is 9.69 Å². The highest BCUT2D eigenvalue weighted by Gasteiger charge is 2.38. The predicted molar refractivity (Wildman–Crippen MR) is 107 cm³/mol. The van der Waals surface area contributed by atoms with Crippen molar-refractivity contribution in [2.75, 3.05) is 26.2 Å². The average molecular weight is 477 g/mol. The molecule has 12 heteroatoms. The first-order valence-corrected chi connectivity index (χ1v) is 11.6. The first-order chi connectivity index (χ1) is 14.6. The van der Waals surface area contributed by atoms with Gasteiger partial charge in [-0.05, 0) is 31.0 Å². The molecule has 2 heterocycles. The molecular formula is C19H20ClF3N4O3S. The lowest BCUT2D eigenvalue weighted by Gasteiger charge is -2.34. The second-order valence-corrected chi connectivity index (χ2v) is 9.97. The predicted octanol–water partition coefficient (Wildman–Crippen LogP) is 2.76. The number of nitrogens with zero attached hydrogens (tertiary/aromatic N) is 4. The summed E-state index contributed by atoms with van der Waals surface area (Å²) in [5.74, 6) is -0.0504. The van der Waals surface area contributed by atoms with Crippen LogP contribution in [0.4, 0.5) is 13.2 Å². The van der Waals surface area contributed by atoms with Gasteiger partial charge in [0.15, 0.2) is 0 Å². The third-order valence-electron chi connectivity index (χ3n) is 5.41. The molecule has 168 valence electrons. The molecule has 2 aromatic rings. The molecule has 0 N–H and O–H groups in total. The van der Waals surface area contributed by atoms with Crippen molar-refractivity contribution in [1.82, 2.24) is 19.0 Å². The van der Waals surface area contributed by atoms with Gasteiger partial charge in [0.1, 0.15) is 10.5 Å². The van der Waals surface area contributed by atoms with Crippen molar-refractivity contribution in [2.24, 2.45) is 0 Å². The molecule has 2 fully saturated rings. The molecule has 0 unspecified atom stereocenters. The van der Waals surface area contributed by atoms with Crippen LogP contribution in [0.1, 0.15) is 30.0 Å². The van der Waals surface area contributed by atoms with Crippen molar-refractivity contribution in [3.8, 4) is 0 Å². The zero-order valence-electron chi connectivity index (χ0n) is 16.3. The monoisotopic (exact) mass is 476 g/mol. The number of rotatable bonds is 5. The van der Waals surface area contributed by atoms with Crippen LogP contribution in [0.2, 0.25) is 5.02 Å². The summed E-state index contributed by atoms with van der Waals surface area (Å²) in [6.45, 7) is 0.593. The largest absolute Gasteiger partial charge is 0.421 e. The van der Waals surface area contributed by atoms with Crippen molar-refractivity contribution >= 4 is 21.6 Å². The number of piperazine rings is 1. The number of alkyl halides is 3. The first-order valence-electron chi connectivity index (χ1n) is 9.73. The molecule has 0 bridgehead atoms. The molecule has 1 aliphatic carbocycles. The molecule has 2 aliphatic rings. The van der Waals surface area contributed by atoms with Crippen molar-refractivity contribution in [3.05, 3.63) is 57.0 Å². The molecule has 1 saturated carbocycles. The van der Waals surface area contributed by atoms with Gasteiger partial charge in [-0.2, -0.15) is 22.6 Å². The summed E-state index contributed by atoms with van der Waals surface area (Å²) in [5, 5.41) is 4.27. The molecule has 1 aromatic heterocycles. The Morgan fingerprint density at radius 2 is 1.74 bits per heavy atom. The molecule has 4 rings (SSSR count). The van der Waals surface area contributed by atoms with Crippen LogP contribution >= 0.6 is 11.6 Å². The minimum Gasteiger partial charge on any atom is -0.282 e. The normalized spacial score (nSPS) is 19.0. The summed E-state index contributed by atoms with van der Waals surface area (Å²) >= 11 is 6.02. The van der Waals surface area contributed by atoms with Crippen LogP contribution in [-0.4, -0.2) is 53.6 Å². The van der Waals surface area contributed by atoms with Crippen LogP contribution in [0.15, 0.2) is 40.0 Å². The molecule has 1 saturated heterocycles. The maximum Gasteiger partial charge on any atom is 0.421 e. The molecule has 1 aliphatic heterocycles. The van der Waals surface area contributed by atoms with Gasteiger partial charge < -0.3 is 0 Å². The molecule has 1 aromatic carbocycles. The van der Waals surface area contributed by atoms with E-state index in [0.717, 1.165) is 23.6 Å². The van der Waals surface area contributed by atoms with E-state index in [-0.39, 0.29) is 54.4 Å². The summed E-state index contributed by atoms with van der Waals surface area (Å²) in [4.78, 5) is 14.1. The number of hydrogen-bond acceptors (Lipinski definition) is 5. The van der Waals surface area contributed by atoms with Gasteiger partial charge in [0.25, 0.3) is 5.56 Å². The Morgan fingerprint density at radius 1 is 1.10 bits per heavy atom. The van der Waals surface area contributed by atoms with Crippen LogP contribution in [0, 0.1) is 0 Å². The van der Waals surface area contributed by atoms with Gasteiger partial charge in [0.05, 0.1) is 17.4 Å². The molecule has 31 heavy (non-hydrogen) atoms. The molecule has 7 nitrogen and oxygen atoms in total. The third-order valence-corrected chi connectivity index (χ3v) is 7.81. The minimum atomic E-state index is -4.76. The topological polar surface area (TPSA) is 75.5 Å². The van der Waals surface area contributed by atoms with Gasteiger partial charge in [-0.25, -0.2) is 13.1 Å². The van der Waals surface area contributed by atoms with Crippen molar-refractivity contribution in [2.45, 2.75) is 36.5 Å². The summed E-state index contributed by atoms with van der Waals surface area (Å²) in [5.41, 5.74) is -2.14. The maximum absolute atomic E-state index is 13.3. The van der Waals surface area contributed by atoms with Gasteiger partial charge >= 0.3 is 6.18 Å². The van der Waals surface area contributed by atoms with Crippen LogP contribution in [-0.2, 0) is 22.9 Å². The lowest BCUT2D eigenvalue weighted by Crippen LogP contribution is -2.50. The fourth-order valence-electron chi connectivity index (χ4n) is 3.53. The number of benzene rings is 1. The maximum atomic E-state index is 13.3.